The van der Waals surface area contributed by atoms with Gasteiger partial charge in [-0.05, 0) is 68.4 Å². The highest BCUT2D eigenvalue weighted by atomic mass is 35.5. The predicted molar refractivity (Wildman–Crippen MR) is 97.4 cm³/mol. The first kappa shape index (κ1) is 18.2. The zero-order valence-corrected chi connectivity index (χ0v) is 15.5. The lowest BCUT2D eigenvalue weighted by molar-refractivity contribution is -0.385. The minimum absolute atomic E-state index is 0.166. The minimum atomic E-state index is -0.926. The molecule has 0 atom stereocenters. The summed E-state index contributed by atoms with van der Waals surface area (Å²) in [7, 11) is 0. The Kier molecular flexibility index (Phi) is 4.58. The van der Waals surface area contributed by atoms with E-state index in [1.807, 2.05) is 0 Å². The second kappa shape index (κ2) is 6.78. The van der Waals surface area contributed by atoms with Gasteiger partial charge in [0.05, 0.1) is 4.92 Å². The van der Waals surface area contributed by atoms with Crippen LogP contribution in [0.1, 0.15) is 48.9 Å². The van der Waals surface area contributed by atoms with Gasteiger partial charge in [-0.15, -0.1) is 0 Å². The van der Waals surface area contributed by atoms with Crippen molar-refractivity contribution in [3.63, 3.8) is 0 Å². The van der Waals surface area contributed by atoms with E-state index in [1.165, 1.54) is 31.4 Å². The average molecular weight is 393 g/mol. The molecule has 4 saturated carbocycles. The van der Waals surface area contributed by atoms with Crippen LogP contribution in [0.4, 0.5) is 5.69 Å². The van der Waals surface area contributed by atoms with E-state index >= 15 is 0 Å². The lowest BCUT2D eigenvalue weighted by Gasteiger charge is -2.56. The summed E-state index contributed by atoms with van der Waals surface area (Å²) in [4.78, 5) is 35.0. The number of halogens is 1. The molecule has 7 nitrogen and oxygen atoms in total. The van der Waals surface area contributed by atoms with Crippen LogP contribution in [-0.4, -0.2) is 28.9 Å². The molecule has 0 saturated heterocycles. The standard InChI is InChI=1S/C19H21ClN2O5/c20-14-1-2-16(22(25)26)15(6-14)18(24)27-10-17(23)21-19-7-11-3-12(8-19)5-13(4-11)9-19/h1-2,6,11-13H,3-5,7-10H2,(H,21,23). The van der Waals surface area contributed by atoms with Crippen LogP contribution >= 0.6 is 11.6 Å². The number of esters is 1. The van der Waals surface area contributed by atoms with Gasteiger partial charge in [0.15, 0.2) is 6.61 Å². The number of nitro benzene ring substituents is 1. The SMILES string of the molecule is O=C(COC(=O)c1cc(Cl)ccc1[N+](=O)[O-])NC12CC3CC(CC(C3)C1)C2. The summed E-state index contributed by atoms with van der Waals surface area (Å²) in [5.74, 6) is 0.787. The molecule has 0 aromatic heterocycles. The first-order valence-corrected chi connectivity index (χ1v) is 9.63. The second-order valence-corrected chi connectivity index (χ2v) is 8.68. The van der Waals surface area contributed by atoms with E-state index in [-0.39, 0.29) is 22.0 Å². The topological polar surface area (TPSA) is 98.5 Å². The highest BCUT2D eigenvalue weighted by Crippen LogP contribution is 2.55. The Morgan fingerprint density at radius 2 is 1.78 bits per heavy atom. The fraction of sp³-hybridized carbons (Fsp3) is 0.579. The first-order chi connectivity index (χ1) is 12.8. The number of hydrogen-bond acceptors (Lipinski definition) is 5. The van der Waals surface area contributed by atoms with Crippen LogP contribution in [0.25, 0.3) is 0 Å². The van der Waals surface area contributed by atoms with Crippen molar-refractivity contribution in [2.24, 2.45) is 17.8 Å². The van der Waals surface area contributed by atoms with Gasteiger partial charge in [-0.1, -0.05) is 11.6 Å². The van der Waals surface area contributed by atoms with Crippen molar-refractivity contribution in [1.82, 2.24) is 5.32 Å². The predicted octanol–water partition coefficient (Wildman–Crippen LogP) is 3.49. The summed E-state index contributed by atoms with van der Waals surface area (Å²) in [6, 6.07) is 3.66. The quantitative estimate of drug-likeness (QED) is 0.469. The number of carbonyl (C=O) groups is 2. The number of rotatable bonds is 5. The fourth-order valence-electron chi connectivity index (χ4n) is 5.64. The Morgan fingerprint density at radius 3 is 2.33 bits per heavy atom. The largest absolute Gasteiger partial charge is 0.452 e. The Balaban J connectivity index is 1.38. The molecule has 8 heteroatoms. The van der Waals surface area contributed by atoms with Crippen molar-refractivity contribution >= 4 is 29.2 Å². The third-order valence-corrected chi connectivity index (χ3v) is 6.39. The molecule has 4 aliphatic rings. The molecule has 4 aliphatic carbocycles. The molecule has 1 amide bonds. The van der Waals surface area contributed by atoms with Crippen molar-refractivity contribution < 1.29 is 19.2 Å². The molecule has 4 fully saturated rings. The van der Waals surface area contributed by atoms with Gasteiger partial charge in [-0.25, -0.2) is 4.79 Å². The minimum Gasteiger partial charge on any atom is -0.452 e. The summed E-state index contributed by atoms with van der Waals surface area (Å²) in [5, 5.41) is 14.4. The van der Waals surface area contributed by atoms with E-state index < -0.39 is 23.2 Å². The zero-order chi connectivity index (χ0) is 19.2. The summed E-state index contributed by atoms with van der Waals surface area (Å²) >= 11 is 5.82. The maximum atomic E-state index is 12.4. The van der Waals surface area contributed by atoms with E-state index in [1.54, 1.807) is 0 Å². The molecule has 0 radical (unpaired) electrons. The number of nitrogens with zero attached hydrogens (tertiary/aromatic N) is 1. The zero-order valence-electron chi connectivity index (χ0n) is 14.8. The summed E-state index contributed by atoms with van der Waals surface area (Å²) in [6.07, 6.45) is 6.79. The molecular formula is C19H21ClN2O5. The molecule has 1 aromatic carbocycles. The van der Waals surface area contributed by atoms with Gasteiger partial charge in [-0.3, -0.25) is 14.9 Å². The fourth-order valence-corrected chi connectivity index (χ4v) is 5.81. The van der Waals surface area contributed by atoms with Crippen molar-refractivity contribution in [1.29, 1.82) is 0 Å². The smallest absolute Gasteiger partial charge is 0.345 e. The van der Waals surface area contributed by atoms with Crippen molar-refractivity contribution in [2.75, 3.05) is 6.61 Å². The molecule has 0 unspecified atom stereocenters. The second-order valence-electron chi connectivity index (χ2n) is 8.24. The van der Waals surface area contributed by atoms with E-state index in [0.29, 0.717) is 17.8 Å². The van der Waals surface area contributed by atoms with Crippen molar-refractivity contribution in [3.05, 3.63) is 38.9 Å². The first-order valence-electron chi connectivity index (χ1n) is 9.26. The lowest BCUT2D eigenvalue weighted by atomic mass is 9.53. The number of ether oxygens (including phenoxy) is 1. The van der Waals surface area contributed by atoms with Crippen LogP contribution in [0.5, 0.6) is 0 Å². The number of hydrogen-bond donors (Lipinski definition) is 1. The number of nitro groups is 1. The van der Waals surface area contributed by atoms with Crippen molar-refractivity contribution in [3.8, 4) is 0 Å². The van der Waals surface area contributed by atoms with Gasteiger partial charge < -0.3 is 10.1 Å². The van der Waals surface area contributed by atoms with Gasteiger partial charge >= 0.3 is 5.97 Å². The average Bonchev–Trinajstić information content (AvgIpc) is 2.57. The maximum absolute atomic E-state index is 12.4. The van der Waals surface area contributed by atoms with Gasteiger partial charge in [0.25, 0.3) is 11.6 Å². The van der Waals surface area contributed by atoms with Gasteiger partial charge in [0.1, 0.15) is 5.56 Å². The van der Waals surface area contributed by atoms with Crippen LogP contribution in [0.15, 0.2) is 18.2 Å². The van der Waals surface area contributed by atoms with Crippen LogP contribution < -0.4 is 5.32 Å². The van der Waals surface area contributed by atoms with Crippen LogP contribution in [0.2, 0.25) is 5.02 Å². The molecule has 5 rings (SSSR count). The van der Waals surface area contributed by atoms with Gasteiger partial charge in [-0.2, -0.15) is 0 Å². The molecular weight excluding hydrogens is 372 g/mol. The van der Waals surface area contributed by atoms with Crippen LogP contribution in [0.3, 0.4) is 0 Å². The molecule has 0 spiro atoms. The van der Waals surface area contributed by atoms with Gasteiger partial charge in [0.2, 0.25) is 0 Å². The van der Waals surface area contributed by atoms with E-state index in [4.69, 9.17) is 16.3 Å². The van der Waals surface area contributed by atoms with E-state index in [0.717, 1.165) is 25.3 Å². The molecule has 1 N–H and O–H groups in total. The molecule has 27 heavy (non-hydrogen) atoms. The van der Waals surface area contributed by atoms with E-state index in [9.17, 15) is 19.7 Å². The maximum Gasteiger partial charge on any atom is 0.345 e. The molecule has 144 valence electrons. The van der Waals surface area contributed by atoms with Gasteiger partial charge in [0, 0.05) is 16.6 Å². The third kappa shape index (κ3) is 3.65. The summed E-state index contributed by atoms with van der Waals surface area (Å²) in [6.45, 7) is -0.454. The summed E-state index contributed by atoms with van der Waals surface area (Å²) < 4.78 is 5.04. The van der Waals surface area contributed by atoms with Crippen molar-refractivity contribution in [2.45, 2.75) is 44.1 Å². The van der Waals surface area contributed by atoms with Crippen LogP contribution in [0, 0.1) is 27.9 Å². The lowest BCUT2D eigenvalue weighted by Crippen LogP contribution is -2.60. The normalized spacial score (nSPS) is 30.8. The Morgan fingerprint density at radius 1 is 1.19 bits per heavy atom. The Labute approximate surface area is 161 Å². The molecule has 1 aromatic rings. The third-order valence-electron chi connectivity index (χ3n) is 6.15. The Hall–Kier alpha value is -2.15. The number of amides is 1. The highest BCUT2D eigenvalue weighted by molar-refractivity contribution is 6.31. The molecule has 0 aliphatic heterocycles. The summed E-state index contributed by atoms with van der Waals surface area (Å²) in [5.41, 5.74) is -0.818. The van der Waals surface area contributed by atoms with Crippen LogP contribution in [-0.2, 0) is 9.53 Å². The Bertz CT molecular complexity index is 774. The number of benzene rings is 1. The monoisotopic (exact) mass is 392 g/mol. The van der Waals surface area contributed by atoms with E-state index in [2.05, 4.69) is 5.32 Å². The number of carbonyl (C=O) groups excluding carboxylic acids is 2. The number of nitrogens with one attached hydrogen (secondary N) is 1. The highest BCUT2D eigenvalue weighted by Gasteiger charge is 2.51. The molecule has 0 heterocycles. The molecule has 4 bridgehead atoms.